The van der Waals surface area contributed by atoms with Crippen molar-refractivity contribution in [2.24, 2.45) is 0 Å². The number of halogens is 1. The summed E-state index contributed by atoms with van der Waals surface area (Å²) in [6.45, 7) is 3.66. The molecule has 0 aliphatic heterocycles. The first-order chi connectivity index (χ1) is 11.0. The Morgan fingerprint density at radius 3 is 2.65 bits per heavy atom. The third-order valence-corrected chi connectivity index (χ3v) is 3.97. The number of carbonyl (C=O) groups excluding carboxylic acids is 1. The van der Waals surface area contributed by atoms with E-state index in [0.29, 0.717) is 24.2 Å². The summed E-state index contributed by atoms with van der Waals surface area (Å²) in [4.78, 5) is 12.1. The zero-order chi connectivity index (χ0) is 16.9. The maximum absolute atomic E-state index is 13.7. The van der Waals surface area contributed by atoms with E-state index in [0.717, 1.165) is 0 Å². The number of amides is 2. The summed E-state index contributed by atoms with van der Waals surface area (Å²) in [5, 5.41) is 18.9. The van der Waals surface area contributed by atoms with Crippen molar-refractivity contribution in [3.63, 3.8) is 0 Å². The molecule has 6 nitrogen and oxygen atoms in total. The summed E-state index contributed by atoms with van der Waals surface area (Å²) in [6.07, 6.45) is 4.19. The minimum absolute atomic E-state index is 0.137. The fourth-order valence-electron chi connectivity index (χ4n) is 2.25. The Balaban J connectivity index is 2.07. The van der Waals surface area contributed by atoms with Crippen molar-refractivity contribution in [1.82, 2.24) is 15.1 Å². The van der Waals surface area contributed by atoms with E-state index in [1.165, 1.54) is 23.1 Å². The van der Waals surface area contributed by atoms with Crippen molar-refractivity contribution in [1.29, 1.82) is 0 Å². The van der Waals surface area contributed by atoms with Gasteiger partial charge in [-0.3, -0.25) is 0 Å². The van der Waals surface area contributed by atoms with E-state index in [2.05, 4.69) is 15.7 Å². The van der Waals surface area contributed by atoms with Gasteiger partial charge in [-0.05, 0) is 25.0 Å². The van der Waals surface area contributed by atoms with Crippen LogP contribution in [0.3, 0.4) is 0 Å². The van der Waals surface area contributed by atoms with Gasteiger partial charge < -0.3 is 15.7 Å². The van der Waals surface area contributed by atoms with Crippen LogP contribution in [0.4, 0.5) is 14.9 Å². The van der Waals surface area contributed by atoms with Crippen molar-refractivity contribution < 1.29 is 14.3 Å². The quantitative estimate of drug-likeness (QED) is 0.765. The van der Waals surface area contributed by atoms with Crippen molar-refractivity contribution >= 4 is 11.7 Å². The van der Waals surface area contributed by atoms with E-state index in [1.807, 2.05) is 13.8 Å². The predicted molar refractivity (Wildman–Crippen MR) is 86.1 cm³/mol. The van der Waals surface area contributed by atoms with Crippen LogP contribution in [0.5, 0.6) is 0 Å². The lowest BCUT2D eigenvalue weighted by Crippen LogP contribution is -2.51. The Morgan fingerprint density at radius 1 is 1.35 bits per heavy atom. The highest BCUT2D eigenvalue weighted by Gasteiger charge is 2.27. The maximum atomic E-state index is 13.7. The van der Waals surface area contributed by atoms with E-state index in [1.54, 1.807) is 18.2 Å². The molecule has 0 bridgehead atoms. The molecule has 0 unspecified atom stereocenters. The lowest BCUT2D eigenvalue weighted by molar-refractivity contribution is 0.155. The number of para-hydroxylation sites is 1. The standard InChI is InChI=1S/C16H21FN4O2/c1-3-16(4-2,11-22)20-15(23)19-12-9-18-21(10-12)14-8-6-5-7-13(14)17/h5-10,22H,3-4,11H2,1-2H3,(H2,19,20,23). The van der Waals surface area contributed by atoms with Gasteiger partial charge in [-0.2, -0.15) is 5.10 Å². The highest BCUT2D eigenvalue weighted by molar-refractivity contribution is 5.89. The Bertz CT molecular complexity index is 659. The van der Waals surface area contributed by atoms with Gasteiger partial charge in [0, 0.05) is 0 Å². The lowest BCUT2D eigenvalue weighted by atomic mass is 9.94. The van der Waals surface area contributed by atoms with Crippen LogP contribution in [-0.4, -0.2) is 33.1 Å². The van der Waals surface area contributed by atoms with Gasteiger partial charge in [-0.15, -0.1) is 0 Å². The van der Waals surface area contributed by atoms with Gasteiger partial charge in [0.2, 0.25) is 0 Å². The topological polar surface area (TPSA) is 79.2 Å². The Labute approximate surface area is 134 Å². The first kappa shape index (κ1) is 17.0. The Hall–Kier alpha value is -2.41. The molecule has 0 aliphatic carbocycles. The predicted octanol–water partition coefficient (Wildman–Crippen LogP) is 2.68. The third kappa shape index (κ3) is 3.87. The number of aliphatic hydroxyl groups excluding tert-OH is 1. The average Bonchev–Trinajstić information content (AvgIpc) is 3.01. The van der Waals surface area contributed by atoms with Gasteiger partial charge in [0.15, 0.2) is 0 Å². The highest BCUT2D eigenvalue weighted by Crippen LogP contribution is 2.16. The van der Waals surface area contributed by atoms with Crippen LogP contribution in [0.25, 0.3) is 5.69 Å². The minimum Gasteiger partial charge on any atom is -0.394 e. The number of nitrogens with one attached hydrogen (secondary N) is 2. The largest absolute Gasteiger partial charge is 0.394 e. The number of hydrogen-bond donors (Lipinski definition) is 3. The molecule has 0 radical (unpaired) electrons. The molecule has 7 heteroatoms. The number of carbonyl (C=O) groups is 1. The van der Waals surface area contributed by atoms with Crippen molar-refractivity contribution in [3.8, 4) is 5.69 Å². The molecule has 0 fully saturated rings. The summed E-state index contributed by atoms with van der Waals surface area (Å²) < 4.78 is 15.1. The second-order valence-corrected chi connectivity index (χ2v) is 5.35. The minimum atomic E-state index is -0.647. The number of aromatic nitrogens is 2. The molecule has 2 rings (SSSR count). The van der Waals surface area contributed by atoms with E-state index in [9.17, 15) is 14.3 Å². The lowest BCUT2D eigenvalue weighted by Gasteiger charge is -2.30. The second kappa shape index (κ2) is 7.23. The van der Waals surface area contributed by atoms with Crippen molar-refractivity contribution in [2.45, 2.75) is 32.2 Å². The number of anilines is 1. The molecule has 1 aromatic heterocycles. The van der Waals surface area contributed by atoms with Crippen LogP contribution in [-0.2, 0) is 0 Å². The molecule has 0 saturated heterocycles. The molecular formula is C16H21FN4O2. The fourth-order valence-corrected chi connectivity index (χ4v) is 2.25. The van der Waals surface area contributed by atoms with Gasteiger partial charge in [0.05, 0.1) is 30.2 Å². The number of rotatable bonds is 6. The fraction of sp³-hybridized carbons (Fsp3) is 0.375. The SMILES string of the molecule is CCC(CC)(CO)NC(=O)Nc1cnn(-c2ccccc2F)c1. The van der Waals surface area contributed by atoms with Crippen molar-refractivity contribution in [2.75, 3.05) is 11.9 Å². The molecule has 1 heterocycles. The van der Waals surface area contributed by atoms with E-state index in [-0.39, 0.29) is 6.61 Å². The molecule has 3 N–H and O–H groups in total. The number of urea groups is 1. The zero-order valence-electron chi connectivity index (χ0n) is 13.2. The number of nitrogens with zero attached hydrogens (tertiary/aromatic N) is 2. The summed E-state index contributed by atoms with van der Waals surface area (Å²) in [5.41, 5.74) is 0.0867. The number of aliphatic hydroxyl groups is 1. The molecule has 0 aliphatic rings. The van der Waals surface area contributed by atoms with E-state index >= 15 is 0 Å². The van der Waals surface area contributed by atoms with E-state index in [4.69, 9.17) is 0 Å². The average molecular weight is 320 g/mol. The highest BCUT2D eigenvalue weighted by atomic mass is 19.1. The molecule has 23 heavy (non-hydrogen) atoms. The molecule has 0 spiro atoms. The summed E-state index contributed by atoms with van der Waals surface area (Å²) in [6, 6.07) is 5.80. The number of benzene rings is 1. The van der Waals surface area contributed by atoms with E-state index < -0.39 is 17.4 Å². The third-order valence-electron chi connectivity index (χ3n) is 3.97. The van der Waals surface area contributed by atoms with Crippen LogP contribution in [0.1, 0.15) is 26.7 Å². The van der Waals surface area contributed by atoms with Gasteiger partial charge in [0.25, 0.3) is 0 Å². The molecule has 0 atom stereocenters. The first-order valence-electron chi connectivity index (χ1n) is 7.53. The number of hydrogen-bond acceptors (Lipinski definition) is 3. The molecular weight excluding hydrogens is 299 g/mol. The smallest absolute Gasteiger partial charge is 0.319 e. The van der Waals surface area contributed by atoms with Crippen LogP contribution in [0.2, 0.25) is 0 Å². The molecule has 2 amide bonds. The second-order valence-electron chi connectivity index (χ2n) is 5.35. The Morgan fingerprint density at radius 2 is 2.04 bits per heavy atom. The summed E-state index contributed by atoms with van der Waals surface area (Å²) in [7, 11) is 0. The van der Waals surface area contributed by atoms with Gasteiger partial charge in [-0.1, -0.05) is 26.0 Å². The molecule has 124 valence electrons. The van der Waals surface area contributed by atoms with Crippen LogP contribution in [0.15, 0.2) is 36.7 Å². The Kier molecular flexibility index (Phi) is 5.33. The molecule has 0 saturated carbocycles. The molecule has 1 aromatic carbocycles. The van der Waals surface area contributed by atoms with Crippen molar-refractivity contribution in [3.05, 3.63) is 42.5 Å². The summed E-state index contributed by atoms with van der Waals surface area (Å²) >= 11 is 0. The van der Waals surface area contributed by atoms with Gasteiger partial charge in [0.1, 0.15) is 11.5 Å². The first-order valence-corrected chi connectivity index (χ1v) is 7.53. The van der Waals surface area contributed by atoms with Crippen LogP contribution >= 0.6 is 0 Å². The maximum Gasteiger partial charge on any atom is 0.319 e. The van der Waals surface area contributed by atoms with Crippen LogP contribution in [0, 0.1) is 5.82 Å². The zero-order valence-corrected chi connectivity index (χ0v) is 13.2. The summed E-state index contributed by atoms with van der Waals surface area (Å²) in [5.74, 6) is -0.400. The van der Waals surface area contributed by atoms with Crippen LogP contribution < -0.4 is 10.6 Å². The normalized spacial score (nSPS) is 11.3. The van der Waals surface area contributed by atoms with Gasteiger partial charge >= 0.3 is 6.03 Å². The molecule has 2 aromatic rings. The monoisotopic (exact) mass is 320 g/mol. The van der Waals surface area contributed by atoms with Gasteiger partial charge in [-0.25, -0.2) is 13.9 Å².